The van der Waals surface area contributed by atoms with Crippen molar-refractivity contribution in [2.45, 2.75) is 39.2 Å². The van der Waals surface area contributed by atoms with Crippen molar-refractivity contribution in [1.82, 2.24) is 15.1 Å². The third-order valence-electron chi connectivity index (χ3n) is 3.77. The van der Waals surface area contributed by atoms with Crippen LogP contribution in [0.4, 0.5) is 0 Å². The van der Waals surface area contributed by atoms with Crippen LogP contribution in [0.2, 0.25) is 0 Å². The van der Waals surface area contributed by atoms with E-state index in [4.69, 9.17) is 5.10 Å². The molecule has 0 spiro atoms. The molecule has 1 saturated carbocycles. The lowest BCUT2D eigenvalue weighted by molar-refractivity contribution is 0.551. The first kappa shape index (κ1) is 14.8. The van der Waals surface area contributed by atoms with Crippen molar-refractivity contribution in [2.75, 3.05) is 6.54 Å². The zero-order chi connectivity index (χ0) is 14.8. The van der Waals surface area contributed by atoms with Gasteiger partial charge in [0.25, 0.3) is 0 Å². The van der Waals surface area contributed by atoms with E-state index >= 15 is 0 Å². The Balaban J connectivity index is 1.82. The summed E-state index contributed by atoms with van der Waals surface area (Å²) in [5.41, 5.74) is 3.67. The molecule has 4 heteroatoms. The molecule has 3 nitrogen and oxygen atoms in total. The fourth-order valence-electron chi connectivity index (χ4n) is 2.46. The lowest BCUT2D eigenvalue weighted by Gasteiger charge is -2.12. The van der Waals surface area contributed by atoms with E-state index in [0.29, 0.717) is 11.8 Å². The van der Waals surface area contributed by atoms with Gasteiger partial charge in [-0.3, -0.25) is 0 Å². The Morgan fingerprint density at radius 2 is 2.14 bits per heavy atom. The van der Waals surface area contributed by atoms with Gasteiger partial charge in [0.05, 0.1) is 11.4 Å². The van der Waals surface area contributed by atoms with Crippen LogP contribution in [0, 0.1) is 5.92 Å². The minimum atomic E-state index is 0.662. The van der Waals surface area contributed by atoms with Crippen LogP contribution in [-0.2, 0) is 6.54 Å². The summed E-state index contributed by atoms with van der Waals surface area (Å²) < 4.78 is 3.11. The molecule has 1 aliphatic rings. The highest BCUT2D eigenvalue weighted by molar-refractivity contribution is 9.10. The van der Waals surface area contributed by atoms with Crippen LogP contribution in [0.1, 0.15) is 43.9 Å². The van der Waals surface area contributed by atoms with E-state index in [0.717, 1.165) is 23.2 Å². The van der Waals surface area contributed by atoms with Gasteiger partial charge in [0.1, 0.15) is 0 Å². The summed E-state index contributed by atoms with van der Waals surface area (Å²) in [4.78, 5) is 0. The molecule has 0 atom stereocenters. The summed E-state index contributed by atoms with van der Waals surface area (Å²) in [6.07, 6.45) is 4.66. The third kappa shape index (κ3) is 3.74. The molecule has 0 amide bonds. The number of nitrogens with one attached hydrogen (secondary N) is 1. The van der Waals surface area contributed by atoms with Gasteiger partial charge >= 0.3 is 0 Å². The van der Waals surface area contributed by atoms with E-state index in [1.165, 1.54) is 24.1 Å². The molecule has 21 heavy (non-hydrogen) atoms. The number of benzene rings is 1. The zero-order valence-electron chi connectivity index (χ0n) is 12.6. The van der Waals surface area contributed by atoms with Gasteiger partial charge in [-0.2, -0.15) is 5.10 Å². The molecule has 0 radical (unpaired) electrons. The van der Waals surface area contributed by atoms with Gasteiger partial charge in [0, 0.05) is 23.1 Å². The molecule has 112 valence electrons. The summed E-state index contributed by atoms with van der Waals surface area (Å²) in [7, 11) is 0. The van der Waals surface area contributed by atoms with Crippen molar-refractivity contribution >= 4 is 15.9 Å². The molecule has 1 N–H and O–H groups in total. The smallest absolute Gasteiger partial charge is 0.0701 e. The Kier molecular flexibility index (Phi) is 4.45. The van der Waals surface area contributed by atoms with Gasteiger partial charge in [-0.05, 0) is 49.1 Å². The van der Waals surface area contributed by atoms with Gasteiger partial charge < -0.3 is 5.32 Å². The van der Waals surface area contributed by atoms with Crippen LogP contribution in [0.15, 0.2) is 34.9 Å². The Morgan fingerprint density at radius 1 is 1.33 bits per heavy atom. The summed E-state index contributed by atoms with van der Waals surface area (Å²) in [5, 5.41) is 8.27. The first-order valence-corrected chi connectivity index (χ1v) is 8.48. The Bertz CT molecular complexity index is 614. The molecule has 1 aromatic carbocycles. The first-order valence-electron chi connectivity index (χ1n) is 7.68. The van der Waals surface area contributed by atoms with Crippen LogP contribution >= 0.6 is 15.9 Å². The van der Waals surface area contributed by atoms with Crippen molar-refractivity contribution in [3.63, 3.8) is 0 Å². The second kappa shape index (κ2) is 6.32. The second-order valence-corrected chi connectivity index (χ2v) is 7.17. The molecule has 1 aliphatic carbocycles. The Labute approximate surface area is 134 Å². The van der Waals surface area contributed by atoms with E-state index < -0.39 is 0 Å². The highest BCUT2D eigenvalue weighted by Crippen LogP contribution is 2.39. The van der Waals surface area contributed by atoms with Crippen molar-refractivity contribution < 1.29 is 0 Å². The normalized spacial score (nSPS) is 14.9. The van der Waals surface area contributed by atoms with Crippen molar-refractivity contribution in [3.05, 3.63) is 46.2 Å². The SMILES string of the molecule is CC(C)CNCc1ccc(Br)cc1-n1ccc(C2CC2)n1. The summed E-state index contributed by atoms with van der Waals surface area (Å²) in [6.45, 7) is 6.36. The fraction of sp³-hybridized carbons (Fsp3) is 0.471. The average molecular weight is 348 g/mol. The minimum absolute atomic E-state index is 0.662. The molecule has 0 unspecified atom stereocenters. The van der Waals surface area contributed by atoms with E-state index in [1.54, 1.807) is 0 Å². The van der Waals surface area contributed by atoms with Gasteiger partial charge in [-0.15, -0.1) is 0 Å². The largest absolute Gasteiger partial charge is 0.312 e. The van der Waals surface area contributed by atoms with Crippen LogP contribution in [-0.4, -0.2) is 16.3 Å². The van der Waals surface area contributed by atoms with Crippen LogP contribution in [0.25, 0.3) is 5.69 Å². The van der Waals surface area contributed by atoms with E-state index in [2.05, 4.69) is 65.6 Å². The quantitative estimate of drug-likeness (QED) is 0.845. The Hall–Kier alpha value is -1.13. The topological polar surface area (TPSA) is 29.9 Å². The molecular formula is C17H22BrN3. The number of halogens is 1. The van der Waals surface area contributed by atoms with Crippen LogP contribution < -0.4 is 5.32 Å². The highest BCUT2D eigenvalue weighted by Gasteiger charge is 2.26. The minimum Gasteiger partial charge on any atom is -0.312 e. The van der Waals surface area contributed by atoms with E-state index in [9.17, 15) is 0 Å². The first-order chi connectivity index (χ1) is 10.1. The summed E-state index contributed by atoms with van der Waals surface area (Å²) in [6, 6.07) is 8.58. The standard InChI is InChI=1S/C17H22BrN3/c1-12(2)10-19-11-14-5-6-15(18)9-17(14)21-8-7-16(20-21)13-3-4-13/h5-9,12-13,19H,3-4,10-11H2,1-2H3. The van der Waals surface area contributed by atoms with Crippen LogP contribution in [0.5, 0.6) is 0 Å². The molecule has 1 aromatic heterocycles. The van der Waals surface area contributed by atoms with Crippen molar-refractivity contribution in [1.29, 1.82) is 0 Å². The Morgan fingerprint density at radius 3 is 2.86 bits per heavy atom. The number of aromatic nitrogens is 2. The van der Waals surface area contributed by atoms with E-state index in [1.807, 2.05) is 4.68 Å². The number of hydrogen-bond donors (Lipinski definition) is 1. The maximum Gasteiger partial charge on any atom is 0.0701 e. The van der Waals surface area contributed by atoms with Gasteiger partial charge in [-0.25, -0.2) is 4.68 Å². The monoisotopic (exact) mass is 347 g/mol. The van der Waals surface area contributed by atoms with E-state index in [-0.39, 0.29) is 0 Å². The molecule has 0 saturated heterocycles. The van der Waals surface area contributed by atoms with Crippen LogP contribution in [0.3, 0.4) is 0 Å². The van der Waals surface area contributed by atoms with Crippen molar-refractivity contribution in [2.24, 2.45) is 5.92 Å². The summed E-state index contributed by atoms with van der Waals surface area (Å²) in [5.74, 6) is 1.36. The van der Waals surface area contributed by atoms with Gasteiger partial charge in [-0.1, -0.05) is 35.8 Å². The molecule has 3 rings (SSSR count). The molecule has 0 bridgehead atoms. The second-order valence-electron chi connectivity index (χ2n) is 6.26. The number of nitrogens with zero attached hydrogens (tertiary/aromatic N) is 2. The molecule has 2 aromatic rings. The summed E-state index contributed by atoms with van der Waals surface area (Å²) >= 11 is 3.57. The maximum absolute atomic E-state index is 4.76. The number of hydrogen-bond acceptors (Lipinski definition) is 2. The molecule has 1 fully saturated rings. The predicted octanol–water partition coefficient (Wildman–Crippen LogP) is 4.26. The third-order valence-corrected chi connectivity index (χ3v) is 4.26. The molecular weight excluding hydrogens is 326 g/mol. The van der Waals surface area contributed by atoms with Gasteiger partial charge in [0.2, 0.25) is 0 Å². The zero-order valence-corrected chi connectivity index (χ0v) is 14.2. The average Bonchev–Trinajstić information content (AvgIpc) is 3.18. The lowest BCUT2D eigenvalue weighted by Crippen LogP contribution is -2.20. The highest BCUT2D eigenvalue weighted by atomic mass is 79.9. The lowest BCUT2D eigenvalue weighted by atomic mass is 10.1. The molecule has 1 heterocycles. The number of rotatable bonds is 6. The maximum atomic E-state index is 4.76. The fourth-order valence-corrected chi connectivity index (χ4v) is 2.81. The van der Waals surface area contributed by atoms with Crippen molar-refractivity contribution in [3.8, 4) is 5.69 Å². The molecule has 0 aliphatic heterocycles. The predicted molar refractivity (Wildman–Crippen MR) is 89.8 cm³/mol. The van der Waals surface area contributed by atoms with Gasteiger partial charge in [0.15, 0.2) is 0 Å².